The van der Waals surface area contributed by atoms with Gasteiger partial charge in [-0.2, -0.15) is 0 Å². The number of hydrogen-bond donors (Lipinski definition) is 2. The van der Waals surface area contributed by atoms with Gasteiger partial charge in [0.05, 0.1) is 9.99 Å². The number of benzene rings is 2. The molecule has 0 aliphatic heterocycles. The van der Waals surface area contributed by atoms with Crippen LogP contribution in [0.15, 0.2) is 71.7 Å². The Morgan fingerprint density at radius 3 is 2.46 bits per heavy atom. The molecule has 3 aromatic rings. The van der Waals surface area contributed by atoms with Crippen LogP contribution >= 0.6 is 33.9 Å². The molecule has 0 unspecified atom stereocenters. The first-order valence-electron chi connectivity index (χ1n) is 8.31. The number of rotatable bonds is 7. The molecule has 2 N–H and O–H groups in total. The van der Waals surface area contributed by atoms with Gasteiger partial charge in [0.15, 0.2) is 0 Å². The number of hydrogen-bond acceptors (Lipinski definition) is 4. The summed E-state index contributed by atoms with van der Waals surface area (Å²) in [6.45, 7) is 0. The highest BCUT2D eigenvalue weighted by molar-refractivity contribution is 14.1. The van der Waals surface area contributed by atoms with Crippen molar-refractivity contribution < 1.29 is 19.4 Å². The van der Waals surface area contributed by atoms with Crippen molar-refractivity contribution in [2.24, 2.45) is 0 Å². The molecule has 2 aromatic carbocycles. The van der Waals surface area contributed by atoms with E-state index in [2.05, 4.69) is 27.9 Å². The summed E-state index contributed by atoms with van der Waals surface area (Å²) in [5.41, 5.74) is 0.469. The number of amides is 1. The molecule has 0 atom stereocenters. The smallest absolute Gasteiger partial charge is 0.352 e. The molecule has 0 fully saturated rings. The lowest BCUT2D eigenvalue weighted by Crippen LogP contribution is -2.28. The summed E-state index contributed by atoms with van der Waals surface area (Å²) < 4.78 is 6.82. The zero-order valence-electron chi connectivity index (χ0n) is 14.6. The van der Waals surface area contributed by atoms with Crippen molar-refractivity contribution in [3.63, 3.8) is 0 Å². The van der Waals surface area contributed by atoms with E-state index >= 15 is 0 Å². The van der Waals surface area contributed by atoms with E-state index < -0.39 is 5.97 Å². The summed E-state index contributed by atoms with van der Waals surface area (Å²) >= 11 is 3.65. The van der Waals surface area contributed by atoms with Crippen LogP contribution in [0.3, 0.4) is 0 Å². The second-order valence-electron chi connectivity index (χ2n) is 5.77. The zero-order valence-corrected chi connectivity index (χ0v) is 17.6. The van der Waals surface area contributed by atoms with Crippen molar-refractivity contribution in [2.75, 3.05) is 0 Å². The van der Waals surface area contributed by atoms with E-state index in [4.69, 9.17) is 4.74 Å². The molecule has 0 saturated carbocycles. The van der Waals surface area contributed by atoms with Crippen LogP contribution in [-0.2, 0) is 16.0 Å². The number of thiophene rings is 1. The average molecular weight is 505 g/mol. The maximum Gasteiger partial charge on any atom is 0.352 e. The van der Waals surface area contributed by atoms with Crippen molar-refractivity contribution in [3.8, 4) is 11.5 Å². The van der Waals surface area contributed by atoms with E-state index in [0.717, 1.165) is 14.2 Å². The molecule has 1 amide bonds. The van der Waals surface area contributed by atoms with Gasteiger partial charge in [0.2, 0.25) is 5.91 Å². The minimum absolute atomic E-state index is 0.144. The maximum absolute atomic E-state index is 12.1. The molecule has 7 heteroatoms. The molecule has 3 rings (SSSR count). The number of aliphatic carboxylic acids is 1. The van der Waals surface area contributed by atoms with Crippen molar-refractivity contribution >= 4 is 51.9 Å². The van der Waals surface area contributed by atoms with Gasteiger partial charge in [-0.1, -0.05) is 30.3 Å². The molecule has 0 saturated heterocycles. The molecule has 1 heterocycles. The minimum Gasteiger partial charge on any atom is -0.477 e. The molecule has 28 heavy (non-hydrogen) atoms. The number of halogens is 1. The Morgan fingerprint density at radius 1 is 1.07 bits per heavy atom. The normalized spacial score (nSPS) is 11.1. The molecule has 0 aliphatic carbocycles. The van der Waals surface area contributed by atoms with E-state index in [1.807, 2.05) is 41.8 Å². The molecule has 0 bridgehead atoms. The van der Waals surface area contributed by atoms with E-state index in [1.54, 1.807) is 24.3 Å². The number of carboxylic acid groups (broad SMARTS) is 1. The summed E-state index contributed by atoms with van der Waals surface area (Å²) in [7, 11) is 0. The number of ether oxygens (including phenoxy) is 1. The van der Waals surface area contributed by atoms with Crippen molar-refractivity contribution in [1.82, 2.24) is 5.32 Å². The largest absolute Gasteiger partial charge is 0.477 e. The van der Waals surface area contributed by atoms with E-state index in [1.165, 1.54) is 17.4 Å². The van der Waals surface area contributed by atoms with Crippen LogP contribution in [0, 0.1) is 3.57 Å². The lowest BCUT2D eigenvalue weighted by Gasteiger charge is -2.08. The zero-order chi connectivity index (χ0) is 19.9. The van der Waals surface area contributed by atoms with Crippen LogP contribution in [0.4, 0.5) is 0 Å². The second kappa shape index (κ2) is 9.52. The van der Waals surface area contributed by atoms with Gasteiger partial charge in [-0.05, 0) is 69.9 Å². The van der Waals surface area contributed by atoms with Crippen LogP contribution in [-0.4, -0.2) is 17.0 Å². The highest BCUT2D eigenvalue weighted by Crippen LogP contribution is 2.26. The van der Waals surface area contributed by atoms with E-state index in [-0.39, 0.29) is 18.0 Å². The van der Waals surface area contributed by atoms with E-state index in [0.29, 0.717) is 11.3 Å². The molecule has 5 nitrogen and oxygen atoms in total. The lowest BCUT2D eigenvalue weighted by atomic mass is 10.2. The standard InChI is InChI=1S/C21H16INO4S/c22-17-5-1-2-6-19(17)27-15-9-7-14(8-10-15)12-18(21(25)26)23-20(24)13-16-4-3-11-28-16/h1-12H,13H2,(H,23,24)(H,25,26)/b18-12-. The molecule has 142 valence electrons. The van der Waals surface area contributed by atoms with Crippen LogP contribution in [0.1, 0.15) is 10.4 Å². The maximum atomic E-state index is 12.1. The van der Waals surface area contributed by atoms with Crippen LogP contribution < -0.4 is 10.1 Å². The van der Waals surface area contributed by atoms with Gasteiger partial charge in [-0.15, -0.1) is 11.3 Å². The highest BCUT2D eigenvalue weighted by Gasteiger charge is 2.13. The Bertz CT molecular complexity index is 998. The molecule has 0 aliphatic rings. The van der Waals surface area contributed by atoms with Gasteiger partial charge < -0.3 is 15.2 Å². The lowest BCUT2D eigenvalue weighted by molar-refractivity contribution is -0.134. The third-order valence-corrected chi connectivity index (χ3v) is 5.44. The Morgan fingerprint density at radius 2 is 1.82 bits per heavy atom. The van der Waals surface area contributed by atoms with Gasteiger partial charge >= 0.3 is 5.97 Å². The number of carboxylic acids is 1. The molecular weight excluding hydrogens is 489 g/mol. The van der Waals surface area contributed by atoms with Gasteiger partial charge in [0, 0.05) is 4.88 Å². The topological polar surface area (TPSA) is 75.6 Å². The van der Waals surface area contributed by atoms with Crippen LogP contribution in [0.25, 0.3) is 6.08 Å². The Hall–Kier alpha value is -2.65. The molecule has 1 aromatic heterocycles. The van der Waals surface area contributed by atoms with Gasteiger partial charge in [0.25, 0.3) is 0 Å². The Labute approximate surface area is 179 Å². The van der Waals surface area contributed by atoms with Crippen molar-refractivity contribution in [3.05, 3.63) is 85.8 Å². The first-order valence-corrected chi connectivity index (χ1v) is 10.3. The number of carbonyl (C=O) groups excluding carboxylic acids is 1. The second-order valence-corrected chi connectivity index (χ2v) is 7.96. The van der Waals surface area contributed by atoms with Gasteiger partial charge in [-0.3, -0.25) is 4.79 Å². The van der Waals surface area contributed by atoms with E-state index in [9.17, 15) is 14.7 Å². The van der Waals surface area contributed by atoms with Crippen molar-refractivity contribution in [1.29, 1.82) is 0 Å². The monoisotopic (exact) mass is 505 g/mol. The van der Waals surface area contributed by atoms with Crippen LogP contribution in [0.2, 0.25) is 0 Å². The van der Waals surface area contributed by atoms with Gasteiger partial charge in [-0.25, -0.2) is 4.79 Å². The summed E-state index contributed by atoms with van der Waals surface area (Å²) in [6, 6.07) is 18.3. The first-order chi connectivity index (χ1) is 13.5. The summed E-state index contributed by atoms with van der Waals surface area (Å²) in [5.74, 6) is -0.174. The number of para-hydroxylation sites is 1. The SMILES string of the molecule is O=C(Cc1cccs1)N/C(=C\c1ccc(Oc2ccccc2I)cc1)C(=O)O. The summed E-state index contributed by atoms with van der Waals surface area (Å²) in [4.78, 5) is 24.4. The summed E-state index contributed by atoms with van der Waals surface area (Å²) in [5, 5.41) is 13.7. The predicted octanol–water partition coefficient (Wildman–Crippen LogP) is 4.93. The Balaban J connectivity index is 1.69. The molecule has 0 spiro atoms. The molecule has 0 radical (unpaired) electrons. The average Bonchev–Trinajstić information content (AvgIpc) is 3.17. The molecular formula is C21H16INO4S. The van der Waals surface area contributed by atoms with Crippen LogP contribution in [0.5, 0.6) is 11.5 Å². The Kier molecular flexibility index (Phi) is 6.83. The van der Waals surface area contributed by atoms with Gasteiger partial charge in [0.1, 0.15) is 17.2 Å². The highest BCUT2D eigenvalue weighted by atomic mass is 127. The summed E-state index contributed by atoms with van der Waals surface area (Å²) in [6.07, 6.45) is 1.56. The number of carbonyl (C=O) groups is 2. The first kappa shape index (κ1) is 20.1. The fraction of sp³-hybridized carbons (Fsp3) is 0.0476. The van der Waals surface area contributed by atoms with Crippen molar-refractivity contribution in [2.45, 2.75) is 6.42 Å². The predicted molar refractivity (Wildman–Crippen MR) is 117 cm³/mol. The number of nitrogens with one attached hydrogen (secondary N) is 1. The fourth-order valence-corrected chi connectivity index (χ4v) is 3.57. The third-order valence-electron chi connectivity index (χ3n) is 3.67. The third kappa shape index (κ3) is 5.67. The fourth-order valence-electron chi connectivity index (χ4n) is 2.37. The minimum atomic E-state index is -1.20. The quantitative estimate of drug-likeness (QED) is 0.353.